The molecule has 2 heteroatoms. The fourth-order valence-electron chi connectivity index (χ4n) is 5.84. The fraction of sp³-hybridized carbons (Fsp3) is 0. The Hall–Kier alpha value is -4.82. The van der Waals surface area contributed by atoms with Crippen LogP contribution in [0.3, 0.4) is 0 Å². The van der Waals surface area contributed by atoms with Gasteiger partial charge in [-0.3, -0.25) is 0 Å². The van der Waals surface area contributed by atoms with Gasteiger partial charge in [-0.15, -0.1) is 0 Å². The molecule has 6 aromatic carbocycles. The summed E-state index contributed by atoms with van der Waals surface area (Å²) in [5.41, 5.74) is 7.33. The van der Waals surface area contributed by atoms with Crippen LogP contribution in [0.25, 0.3) is 76.7 Å². The smallest absolute Gasteiger partial charge is 0.178 e. The summed E-state index contributed by atoms with van der Waals surface area (Å²) in [5, 5.41) is 8.17. The fourth-order valence-corrected chi connectivity index (χ4v) is 5.84. The van der Waals surface area contributed by atoms with E-state index in [0.29, 0.717) is 0 Å². The molecule has 0 aliphatic heterocycles. The molecule has 8 aromatic rings. The summed E-state index contributed by atoms with van der Waals surface area (Å²) in [5.74, 6) is 0. The standard InChI is InChI=1S/C34H20O2/c1-2-10-21(11-3-1)31-23-13-4-6-15-25(23)32(26-16-7-5-14-24(26)31)28-20-29-22-12-8-9-17-30(22)36-34(29)33-27(28)18-19-35-33/h1-20H. The van der Waals surface area contributed by atoms with E-state index in [0.717, 1.165) is 38.5 Å². The Morgan fingerprint density at radius 3 is 1.69 bits per heavy atom. The minimum absolute atomic E-state index is 0.791. The monoisotopic (exact) mass is 460 g/mol. The maximum atomic E-state index is 6.27. The first-order chi connectivity index (χ1) is 17.9. The molecule has 0 aliphatic rings. The van der Waals surface area contributed by atoms with Crippen LogP contribution in [0.2, 0.25) is 0 Å². The maximum Gasteiger partial charge on any atom is 0.178 e. The summed E-state index contributed by atoms with van der Waals surface area (Å²) >= 11 is 0. The van der Waals surface area contributed by atoms with Gasteiger partial charge in [0.1, 0.15) is 5.58 Å². The van der Waals surface area contributed by atoms with Crippen molar-refractivity contribution in [2.75, 3.05) is 0 Å². The van der Waals surface area contributed by atoms with Gasteiger partial charge in [-0.25, -0.2) is 0 Å². The second-order valence-electron chi connectivity index (χ2n) is 9.27. The third-order valence-corrected chi connectivity index (χ3v) is 7.35. The van der Waals surface area contributed by atoms with Gasteiger partial charge in [0, 0.05) is 16.2 Å². The number of rotatable bonds is 2. The molecule has 0 saturated heterocycles. The Morgan fingerprint density at radius 1 is 0.417 bits per heavy atom. The van der Waals surface area contributed by atoms with Crippen LogP contribution in [-0.2, 0) is 0 Å². The van der Waals surface area contributed by atoms with Gasteiger partial charge < -0.3 is 8.83 Å². The summed E-state index contributed by atoms with van der Waals surface area (Å²) in [6, 6.07) is 40.7. The first kappa shape index (κ1) is 19.5. The van der Waals surface area contributed by atoms with Gasteiger partial charge >= 0.3 is 0 Å². The second kappa shape index (κ2) is 7.34. The van der Waals surface area contributed by atoms with Crippen molar-refractivity contribution < 1.29 is 8.83 Å². The lowest BCUT2D eigenvalue weighted by molar-refractivity contribution is 0.600. The van der Waals surface area contributed by atoms with E-state index in [1.54, 1.807) is 6.26 Å². The van der Waals surface area contributed by atoms with Crippen molar-refractivity contribution in [3.05, 3.63) is 122 Å². The summed E-state index contributed by atoms with van der Waals surface area (Å²) in [4.78, 5) is 0. The molecule has 0 spiro atoms. The maximum absolute atomic E-state index is 6.27. The van der Waals surface area contributed by atoms with E-state index in [1.807, 2.05) is 12.1 Å². The third-order valence-electron chi connectivity index (χ3n) is 7.35. The lowest BCUT2D eigenvalue weighted by Gasteiger charge is -2.18. The molecule has 0 fully saturated rings. The van der Waals surface area contributed by atoms with Crippen molar-refractivity contribution in [3.8, 4) is 22.3 Å². The molecular formula is C34H20O2. The minimum Gasteiger partial charge on any atom is -0.460 e. The summed E-state index contributed by atoms with van der Waals surface area (Å²) < 4.78 is 12.3. The number of furan rings is 2. The van der Waals surface area contributed by atoms with Gasteiger partial charge in [-0.2, -0.15) is 0 Å². The zero-order valence-corrected chi connectivity index (χ0v) is 19.4. The van der Waals surface area contributed by atoms with E-state index in [9.17, 15) is 0 Å². The highest BCUT2D eigenvalue weighted by molar-refractivity contribution is 6.26. The summed E-state index contributed by atoms with van der Waals surface area (Å²) in [6.45, 7) is 0. The van der Waals surface area contributed by atoms with Crippen molar-refractivity contribution in [1.29, 1.82) is 0 Å². The zero-order valence-electron chi connectivity index (χ0n) is 19.4. The summed E-state index contributed by atoms with van der Waals surface area (Å²) in [7, 11) is 0. The third kappa shape index (κ3) is 2.61. The molecule has 168 valence electrons. The van der Waals surface area contributed by atoms with Crippen molar-refractivity contribution >= 4 is 54.5 Å². The molecular weight excluding hydrogens is 440 g/mol. The Labute approximate surface area is 207 Å². The molecule has 0 saturated carbocycles. The molecule has 0 amide bonds. The van der Waals surface area contributed by atoms with Crippen LogP contribution >= 0.6 is 0 Å². The molecule has 2 aromatic heterocycles. The van der Waals surface area contributed by atoms with Gasteiger partial charge in [-0.1, -0.05) is 97.1 Å². The summed E-state index contributed by atoms with van der Waals surface area (Å²) in [6.07, 6.45) is 1.77. The highest BCUT2D eigenvalue weighted by Crippen LogP contribution is 2.47. The van der Waals surface area contributed by atoms with Crippen molar-refractivity contribution in [1.82, 2.24) is 0 Å². The topological polar surface area (TPSA) is 26.3 Å². The predicted octanol–water partition coefficient (Wildman–Crippen LogP) is 9.97. The van der Waals surface area contributed by atoms with Crippen LogP contribution in [0.1, 0.15) is 0 Å². The zero-order chi connectivity index (χ0) is 23.6. The molecule has 0 N–H and O–H groups in total. The van der Waals surface area contributed by atoms with Crippen LogP contribution in [0.15, 0.2) is 130 Å². The first-order valence-electron chi connectivity index (χ1n) is 12.2. The number of benzene rings is 6. The minimum atomic E-state index is 0.791. The average molecular weight is 461 g/mol. The van der Waals surface area contributed by atoms with E-state index in [2.05, 4.69) is 103 Å². The molecule has 2 nitrogen and oxygen atoms in total. The first-order valence-corrected chi connectivity index (χ1v) is 12.2. The highest BCUT2D eigenvalue weighted by atomic mass is 16.4. The molecule has 0 bridgehead atoms. The lowest BCUT2D eigenvalue weighted by atomic mass is 9.85. The molecule has 0 unspecified atom stereocenters. The molecule has 0 aliphatic carbocycles. The molecule has 8 rings (SSSR count). The Kier molecular flexibility index (Phi) is 3.97. The molecule has 0 radical (unpaired) electrons. The van der Waals surface area contributed by atoms with Crippen LogP contribution in [-0.4, -0.2) is 0 Å². The second-order valence-corrected chi connectivity index (χ2v) is 9.27. The van der Waals surface area contributed by atoms with Crippen molar-refractivity contribution in [2.45, 2.75) is 0 Å². The number of hydrogen-bond acceptors (Lipinski definition) is 2. The SMILES string of the molecule is c1ccc(-c2c3ccccc3c(-c3cc4c5ccccc5oc4c4occc34)c3ccccc23)cc1. The van der Waals surface area contributed by atoms with Gasteiger partial charge in [0.2, 0.25) is 0 Å². The highest BCUT2D eigenvalue weighted by Gasteiger charge is 2.21. The Balaban J connectivity index is 1.60. The molecule has 0 atom stereocenters. The van der Waals surface area contributed by atoms with E-state index in [-0.39, 0.29) is 0 Å². The average Bonchev–Trinajstić information content (AvgIpc) is 3.57. The van der Waals surface area contributed by atoms with E-state index in [4.69, 9.17) is 8.83 Å². The van der Waals surface area contributed by atoms with E-state index in [1.165, 1.54) is 38.2 Å². The van der Waals surface area contributed by atoms with E-state index >= 15 is 0 Å². The number of fused-ring (bicyclic) bond motifs is 7. The normalized spacial score (nSPS) is 11.9. The molecule has 36 heavy (non-hydrogen) atoms. The number of hydrogen-bond donors (Lipinski definition) is 0. The van der Waals surface area contributed by atoms with Crippen LogP contribution in [0, 0.1) is 0 Å². The predicted molar refractivity (Wildman–Crippen MR) is 149 cm³/mol. The van der Waals surface area contributed by atoms with Crippen molar-refractivity contribution in [3.63, 3.8) is 0 Å². The van der Waals surface area contributed by atoms with E-state index < -0.39 is 0 Å². The van der Waals surface area contributed by atoms with Crippen LogP contribution < -0.4 is 0 Å². The van der Waals surface area contributed by atoms with Gasteiger partial charge in [0.05, 0.1) is 6.26 Å². The Morgan fingerprint density at radius 2 is 1.00 bits per heavy atom. The van der Waals surface area contributed by atoms with Gasteiger partial charge in [0.15, 0.2) is 11.2 Å². The quantitative estimate of drug-likeness (QED) is 0.240. The van der Waals surface area contributed by atoms with Gasteiger partial charge in [0.25, 0.3) is 0 Å². The number of para-hydroxylation sites is 1. The lowest BCUT2D eigenvalue weighted by Crippen LogP contribution is -1.91. The van der Waals surface area contributed by atoms with Crippen LogP contribution in [0.4, 0.5) is 0 Å². The van der Waals surface area contributed by atoms with Gasteiger partial charge in [-0.05, 0) is 62.0 Å². The Bertz CT molecular complexity index is 2030. The van der Waals surface area contributed by atoms with Crippen LogP contribution in [0.5, 0.6) is 0 Å². The largest absolute Gasteiger partial charge is 0.460 e. The molecule has 2 heterocycles. The van der Waals surface area contributed by atoms with Crippen molar-refractivity contribution in [2.24, 2.45) is 0 Å².